The molecule has 1 aromatic carbocycles. The second kappa shape index (κ2) is 5.50. The lowest BCUT2D eigenvalue weighted by Crippen LogP contribution is -1.94. The highest BCUT2D eigenvalue weighted by molar-refractivity contribution is 5.90. The first kappa shape index (κ1) is 12.5. The third kappa shape index (κ3) is 2.51. The van der Waals surface area contributed by atoms with Crippen LogP contribution in [0.25, 0.3) is 10.9 Å². The molecule has 0 spiro atoms. The molecule has 2 nitrogen and oxygen atoms in total. The highest BCUT2D eigenvalue weighted by atomic mass is 14.7. The summed E-state index contributed by atoms with van der Waals surface area (Å²) in [7, 11) is 0. The van der Waals surface area contributed by atoms with Gasteiger partial charge in [-0.2, -0.15) is 0 Å². The average molecular weight is 216 g/mol. The van der Waals surface area contributed by atoms with Gasteiger partial charge in [-0.15, -0.1) is 0 Å². The first-order chi connectivity index (χ1) is 7.70. The minimum atomic E-state index is 0.826. The van der Waals surface area contributed by atoms with Crippen LogP contribution in [0.1, 0.15) is 32.0 Å². The number of pyridine rings is 1. The Bertz CT molecular complexity index is 475. The van der Waals surface area contributed by atoms with Gasteiger partial charge in [0.25, 0.3) is 0 Å². The maximum absolute atomic E-state index is 5.94. The van der Waals surface area contributed by atoms with Crippen molar-refractivity contribution in [2.45, 2.75) is 34.1 Å². The topological polar surface area (TPSA) is 38.9 Å². The smallest absolute Gasteiger partial charge is 0.0728 e. The largest absolute Gasteiger partial charge is 0.398 e. The zero-order valence-electron chi connectivity index (χ0n) is 10.5. The Hall–Kier alpha value is -1.57. The van der Waals surface area contributed by atoms with E-state index in [1.807, 2.05) is 26.0 Å². The quantitative estimate of drug-likeness (QED) is 0.789. The molecular formula is C14H20N2. The third-order valence-corrected chi connectivity index (χ3v) is 2.41. The van der Waals surface area contributed by atoms with E-state index in [0.29, 0.717) is 0 Å². The van der Waals surface area contributed by atoms with Crippen molar-refractivity contribution in [1.82, 2.24) is 4.98 Å². The van der Waals surface area contributed by atoms with E-state index < -0.39 is 0 Å². The van der Waals surface area contributed by atoms with Gasteiger partial charge in [0, 0.05) is 16.8 Å². The molecule has 2 rings (SSSR count). The molecule has 86 valence electrons. The highest BCUT2D eigenvalue weighted by Crippen LogP contribution is 2.21. The van der Waals surface area contributed by atoms with Crippen LogP contribution in [0.4, 0.5) is 5.69 Å². The molecule has 0 unspecified atom stereocenters. The van der Waals surface area contributed by atoms with Crippen LogP contribution < -0.4 is 5.73 Å². The van der Waals surface area contributed by atoms with Gasteiger partial charge in [-0.1, -0.05) is 32.9 Å². The molecule has 1 aromatic heterocycles. The second-order valence-electron chi connectivity index (χ2n) is 3.58. The molecule has 0 fully saturated rings. The predicted octanol–water partition coefficient (Wildman–Crippen LogP) is 3.71. The minimum Gasteiger partial charge on any atom is -0.398 e. The van der Waals surface area contributed by atoms with E-state index in [0.717, 1.165) is 28.7 Å². The van der Waals surface area contributed by atoms with Crippen molar-refractivity contribution in [1.29, 1.82) is 0 Å². The lowest BCUT2D eigenvalue weighted by Gasteiger charge is -2.05. The van der Waals surface area contributed by atoms with Crippen molar-refractivity contribution >= 4 is 16.6 Å². The normalized spacial score (nSPS) is 9.75. The summed E-state index contributed by atoms with van der Waals surface area (Å²) in [6.07, 6.45) is 0.925. The SMILES string of the molecule is CC.CCc1cc(N)c2ccc(C)cc2n1. The fourth-order valence-electron chi connectivity index (χ4n) is 1.60. The molecule has 0 atom stereocenters. The number of aromatic nitrogens is 1. The number of aryl methyl sites for hydroxylation is 2. The van der Waals surface area contributed by atoms with Crippen molar-refractivity contribution in [3.05, 3.63) is 35.5 Å². The number of hydrogen-bond acceptors (Lipinski definition) is 2. The Balaban J connectivity index is 0.000000606. The maximum Gasteiger partial charge on any atom is 0.0728 e. The monoisotopic (exact) mass is 216 g/mol. The van der Waals surface area contributed by atoms with Gasteiger partial charge >= 0.3 is 0 Å². The number of hydrogen-bond donors (Lipinski definition) is 1. The molecule has 0 amide bonds. The van der Waals surface area contributed by atoms with E-state index in [1.165, 1.54) is 5.56 Å². The average Bonchev–Trinajstić information content (AvgIpc) is 2.30. The number of nitrogen functional groups attached to an aromatic ring is 1. The molecule has 16 heavy (non-hydrogen) atoms. The predicted molar refractivity (Wildman–Crippen MR) is 71.6 cm³/mol. The summed E-state index contributed by atoms with van der Waals surface area (Å²) in [5, 5.41) is 1.05. The summed E-state index contributed by atoms with van der Waals surface area (Å²) in [5.74, 6) is 0. The van der Waals surface area contributed by atoms with E-state index in [4.69, 9.17) is 5.73 Å². The lowest BCUT2D eigenvalue weighted by atomic mass is 10.1. The number of nitrogens with zero attached hydrogens (tertiary/aromatic N) is 1. The first-order valence-corrected chi connectivity index (χ1v) is 5.86. The third-order valence-electron chi connectivity index (χ3n) is 2.41. The van der Waals surface area contributed by atoms with Crippen LogP contribution in [0.15, 0.2) is 24.3 Å². The van der Waals surface area contributed by atoms with Crippen molar-refractivity contribution in [3.63, 3.8) is 0 Å². The zero-order valence-corrected chi connectivity index (χ0v) is 10.5. The van der Waals surface area contributed by atoms with E-state index in [9.17, 15) is 0 Å². The van der Waals surface area contributed by atoms with Gasteiger partial charge in [-0.3, -0.25) is 4.98 Å². The Morgan fingerprint density at radius 2 is 1.88 bits per heavy atom. The molecule has 0 aliphatic heterocycles. The summed E-state index contributed by atoms with van der Waals surface area (Å²) in [4.78, 5) is 4.54. The lowest BCUT2D eigenvalue weighted by molar-refractivity contribution is 1.06. The molecule has 0 aliphatic carbocycles. The van der Waals surface area contributed by atoms with Crippen molar-refractivity contribution < 1.29 is 0 Å². The van der Waals surface area contributed by atoms with E-state index >= 15 is 0 Å². The van der Waals surface area contributed by atoms with Crippen molar-refractivity contribution in [3.8, 4) is 0 Å². The molecular weight excluding hydrogens is 196 g/mol. The Morgan fingerprint density at radius 1 is 1.19 bits per heavy atom. The van der Waals surface area contributed by atoms with Gasteiger partial charge in [-0.05, 0) is 31.0 Å². The minimum absolute atomic E-state index is 0.826. The van der Waals surface area contributed by atoms with Gasteiger partial charge in [0.05, 0.1) is 5.52 Å². The van der Waals surface area contributed by atoms with E-state index in [1.54, 1.807) is 0 Å². The number of anilines is 1. The molecule has 2 aromatic rings. The molecule has 0 aliphatic rings. The zero-order chi connectivity index (χ0) is 12.1. The van der Waals surface area contributed by atoms with Crippen LogP contribution in [0.2, 0.25) is 0 Å². The molecule has 0 bridgehead atoms. The Morgan fingerprint density at radius 3 is 2.50 bits per heavy atom. The van der Waals surface area contributed by atoms with Crippen LogP contribution in [0, 0.1) is 6.92 Å². The van der Waals surface area contributed by atoms with E-state index in [2.05, 4.69) is 31.0 Å². The van der Waals surface area contributed by atoms with Gasteiger partial charge < -0.3 is 5.73 Å². The van der Waals surface area contributed by atoms with Gasteiger partial charge in [0.15, 0.2) is 0 Å². The van der Waals surface area contributed by atoms with Gasteiger partial charge in [0.1, 0.15) is 0 Å². The summed E-state index contributed by atoms with van der Waals surface area (Å²) in [6.45, 7) is 8.15. The molecule has 0 saturated carbocycles. The summed E-state index contributed by atoms with van der Waals surface area (Å²) < 4.78 is 0. The fraction of sp³-hybridized carbons (Fsp3) is 0.357. The maximum atomic E-state index is 5.94. The summed E-state index contributed by atoms with van der Waals surface area (Å²) >= 11 is 0. The standard InChI is InChI=1S/C12H14N2.C2H6/c1-3-9-7-11(13)10-5-4-8(2)6-12(10)14-9;1-2/h4-7H,3H2,1-2H3,(H2,13,14);1-2H3. The second-order valence-corrected chi connectivity index (χ2v) is 3.58. The number of rotatable bonds is 1. The van der Waals surface area contributed by atoms with E-state index in [-0.39, 0.29) is 0 Å². The van der Waals surface area contributed by atoms with Crippen LogP contribution in [-0.4, -0.2) is 4.98 Å². The van der Waals surface area contributed by atoms with Gasteiger partial charge in [0.2, 0.25) is 0 Å². The number of fused-ring (bicyclic) bond motifs is 1. The summed E-state index contributed by atoms with van der Waals surface area (Å²) in [5.41, 5.74) is 10.0. The van der Waals surface area contributed by atoms with Crippen molar-refractivity contribution in [2.24, 2.45) is 0 Å². The molecule has 0 saturated heterocycles. The molecule has 2 N–H and O–H groups in total. The summed E-state index contributed by atoms with van der Waals surface area (Å²) in [6, 6.07) is 8.13. The van der Waals surface area contributed by atoms with Gasteiger partial charge in [-0.25, -0.2) is 0 Å². The molecule has 2 heteroatoms. The molecule has 0 radical (unpaired) electrons. The van der Waals surface area contributed by atoms with Crippen LogP contribution in [0.3, 0.4) is 0 Å². The fourth-order valence-corrected chi connectivity index (χ4v) is 1.60. The Labute approximate surface area is 97.5 Å². The molecule has 1 heterocycles. The van der Waals surface area contributed by atoms with Crippen LogP contribution in [-0.2, 0) is 6.42 Å². The van der Waals surface area contributed by atoms with Crippen LogP contribution in [0.5, 0.6) is 0 Å². The Kier molecular flexibility index (Phi) is 4.29. The number of benzene rings is 1. The highest BCUT2D eigenvalue weighted by Gasteiger charge is 2.01. The first-order valence-electron chi connectivity index (χ1n) is 5.86. The van der Waals surface area contributed by atoms with Crippen LogP contribution >= 0.6 is 0 Å². The van der Waals surface area contributed by atoms with Crippen molar-refractivity contribution in [2.75, 3.05) is 5.73 Å². The number of nitrogens with two attached hydrogens (primary N) is 1.